The Hall–Kier alpha value is -2.41. The lowest BCUT2D eigenvalue weighted by Gasteiger charge is -2.33. The molecule has 1 aromatic heterocycles. The average Bonchev–Trinajstić information content (AvgIpc) is 3.19. The van der Waals surface area contributed by atoms with Crippen molar-refractivity contribution in [2.45, 2.75) is 13.1 Å². The summed E-state index contributed by atoms with van der Waals surface area (Å²) in [6, 6.07) is 15.7. The van der Waals surface area contributed by atoms with Crippen molar-refractivity contribution in [1.29, 1.82) is 0 Å². The van der Waals surface area contributed by atoms with Crippen LogP contribution >= 0.6 is 11.6 Å². The van der Waals surface area contributed by atoms with Crippen LogP contribution in [0.25, 0.3) is 11.4 Å². The first-order chi connectivity index (χ1) is 13.7. The van der Waals surface area contributed by atoms with E-state index in [0.29, 0.717) is 23.3 Å². The third-order valence-electron chi connectivity index (χ3n) is 4.93. The molecular weight excluding hydrogens is 376 g/mol. The quantitative estimate of drug-likeness (QED) is 0.630. The minimum absolute atomic E-state index is 0.600. The van der Waals surface area contributed by atoms with Gasteiger partial charge >= 0.3 is 0 Å². The third kappa shape index (κ3) is 4.70. The predicted octanol–water partition coefficient (Wildman–Crippen LogP) is 3.72. The maximum atomic E-state index is 5.93. The van der Waals surface area contributed by atoms with E-state index in [1.807, 2.05) is 36.4 Å². The van der Waals surface area contributed by atoms with Crippen LogP contribution in [0.15, 0.2) is 53.1 Å². The fraction of sp³-hybridized carbons (Fsp3) is 0.333. The summed E-state index contributed by atoms with van der Waals surface area (Å²) in [4.78, 5) is 9.33. The van der Waals surface area contributed by atoms with Crippen molar-refractivity contribution in [3.8, 4) is 17.1 Å². The van der Waals surface area contributed by atoms with E-state index in [-0.39, 0.29) is 0 Å². The number of ether oxygens (including phenoxy) is 1. The molecule has 2 heterocycles. The van der Waals surface area contributed by atoms with Crippen molar-refractivity contribution >= 4 is 11.6 Å². The number of hydrogen-bond acceptors (Lipinski definition) is 6. The van der Waals surface area contributed by atoms with Gasteiger partial charge in [0, 0.05) is 43.3 Å². The van der Waals surface area contributed by atoms with Gasteiger partial charge in [0.1, 0.15) is 5.75 Å². The molecule has 2 aromatic carbocycles. The molecular formula is C21H23ClN4O2. The Labute approximate surface area is 169 Å². The second-order valence-electron chi connectivity index (χ2n) is 6.92. The molecule has 6 nitrogen and oxygen atoms in total. The smallest absolute Gasteiger partial charge is 0.241 e. The highest BCUT2D eigenvalue weighted by Gasteiger charge is 2.19. The summed E-state index contributed by atoms with van der Waals surface area (Å²) in [6.07, 6.45) is 0. The number of hydrogen-bond donors (Lipinski definition) is 0. The summed E-state index contributed by atoms with van der Waals surface area (Å²) in [5, 5.41) is 4.78. The third-order valence-corrected chi connectivity index (χ3v) is 5.19. The molecule has 1 aliphatic heterocycles. The van der Waals surface area contributed by atoms with Gasteiger partial charge in [-0.2, -0.15) is 4.98 Å². The van der Waals surface area contributed by atoms with Crippen molar-refractivity contribution < 1.29 is 9.26 Å². The molecule has 0 aliphatic carbocycles. The van der Waals surface area contributed by atoms with Gasteiger partial charge < -0.3 is 9.26 Å². The molecule has 7 heteroatoms. The van der Waals surface area contributed by atoms with E-state index in [0.717, 1.165) is 44.0 Å². The minimum Gasteiger partial charge on any atom is -0.497 e. The Balaban J connectivity index is 1.29. The SMILES string of the molecule is COc1cccc(CN2CCN(Cc3nc(-c4ccc(Cl)cc4)no3)CC2)c1. The average molecular weight is 399 g/mol. The van der Waals surface area contributed by atoms with E-state index < -0.39 is 0 Å². The molecule has 1 saturated heterocycles. The van der Waals surface area contributed by atoms with Crippen LogP contribution in [-0.4, -0.2) is 53.2 Å². The van der Waals surface area contributed by atoms with Crippen molar-refractivity contribution in [3.63, 3.8) is 0 Å². The number of halogens is 1. The Bertz CT molecular complexity index is 905. The Morgan fingerprint density at radius 2 is 1.71 bits per heavy atom. The summed E-state index contributed by atoms with van der Waals surface area (Å²) in [5.41, 5.74) is 2.18. The molecule has 3 aromatic rings. The zero-order valence-electron chi connectivity index (χ0n) is 15.8. The Morgan fingerprint density at radius 3 is 2.43 bits per heavy atom. The van der Waals surface area contributed by atoms with Crippen LogP contribution in [0.4, 0.5) is 0 Å². The fourth-order valence-electron chi connectivity index (χ4n) is 3.36. The van der Waals surface area contributed by atoms with Crippen LogP contribution in [0.2, 0.25) is 5.02 Å². The van der Waals surface area contributed by atoms with Crippen molar-refractivity contribution in [3.05, 3.63) is 65.0 Å². The first-order valence-electron chi connectivity index (χ1n) is 9.36. The van der Waals surface area contributed by atoms with E-state index in [2.05, 4.69) is 32.1 Å². The van der Waals surface area contributed by atoms with E-state index in [1.165, 1.54) is 5.56 Å². The zero-order valence-corrected chi connectivity index (χ0v) is 16.6. The minimum atomic E-state index is 0.600. The molecule has 0 bridgehead atoms. The molecule has 4 rings (SSSR count). The molecule has 0 unspecified atom stereocenters. The van der Waals surface area contributed by atoms with Crippen molar-refractivity contribution in [2.24, 2.45) is 0 Å². The van der Waals surface area contributed by atoms with E-state index in [1.54, 1.807) is 7.11 Å². The van der Waals surface area contributed by atoms with Crippen LogP contribution in [0.3, 0.4) is 0 Å². The van der Waals surface area contributed by atoms with E-state index >= 15 is 0 Å². The lowest BCUT2D eigenvalue weighted by Crippen LogP contribution is -2.45. The first-order valence-corrected chi connectivity index (χ1v) is 9.73. The standard InChI is InChI=1S/C21H23ClN4O2/c1-27-19-4-2-3-16(13-19)14-25-9-11-26(12-10-25)15-20-23-21(24-28-20)17-5-7-18(22)8-6-17/h2-8,13H,9-12,14-15H2,1H3. The van der Waals surface area contributed by atoms with Crippen molar-refractivity contribution in [1.82, 2.24) is 19.9 Å². The van der Waals surface area contributed by atoms with Gasteiger partial charge in [-0.05, 0) is 42.0 Å². The highest BCUT2D eigenvalue weighted by Crippen LogP contribution is 2.20. The highest BCUT2D eigenvalue weighted by atomic mass is 35.5. The molecule has 0 radical (unpaired) electrons. The van der Waals surface area contributed by atoms with Gasteiger partial charge in [-0.3, -0.25) is 9.80 Å². The number of rotatable bonds is 6. The van der Waals surface area contributed by atoms with E-state index in [4.69, 9.17) is 20.9 Å². The molecule has 0 saturated carbocycles. The maximum Gasteiger partial charge on any atom is 0.241 e. The fourth-order valence-corrected chi connectivity index (χ4v) is 3.49. The Morgan fingerprint density at radius 1 is 1.00 bits per heavy atom. The topological polar surface area (TPSA) is 54.6 Å². The van der Waals surface area contributed by atoms with Crippen LogP contribution < -0.4 is 4.74 Å². The monoisotopic (exact) mass is 398 g/mol. The molecule has 0 N–H and O–H groups in total. The predicted molar refractivity (Wildman–Crippen MR) is 108 cm³/mol. The van der Waals surface area contributed by atoms with Gasteiger partial charge in [-0.15, -0.1) is 0 Å². The largest absolute Gasteiger partial charge is 0.497 e. The number of aromatic nitrogens is 2. The van der Waals surface area contributed by atoms with Gasteiger partial charge in [0.25, 0.3) is 0 Å². The molecule has 1 fully saturated rings. The summed E-state index contributed by atoms with van der Waals surface area (Å²) in [5.74, 6) is 2.15. The number of nitrogens with zero attached hydrogens (tertiary/aromatic N) is 4. The lowest BCUT2D eigenvalue weighted by atomic mass is 10.2. The number of piperazine rings is 1. The van der Waals surface area contributed by atoms with Gasteiger partial charge in [0.2, 0.25) is 11.7 Å². The molecule has 0 amide bonds. The summed E-state index contributed by atoms with van der Waals surface area (Å²) >= 11 is 5.93. The van der Waals surface area contributed by atoms with E-state index in [9.17, 15) is 0 Å². The maximum absolute atomic E-state index is 5.93. The van der Waals surface area contributed by atoms with Crippen molar-refractivity contribution in [2.75, 3.05) is 33.3 Å². The summed E-state index contributed by atoms with van der Waals surface area (Å²) in [7, 11) is 1.70. The van der Waals surface area contributed by atoms with Crippen LogP contribution in [0.5, 0.6) is 5.75 Å². The van der Waals surface area contributed by atoms with Crippen LogP contribution in [0.1, 0.15) is 11.5 Å². The second-order valence-corrected chi connectivity index (χ2v) is 7.36. The molecule has 0 atom stereocenters. The normalized spacial score (nSPS) is 15.6. The molecule has 146 valence electrons. The first kappa shape index (κ1) is 18.9. The molecule has 1 aliphatic rings. The van der Waals surface area contributed by atoms with Gasteiger partial charge in [-0.25, -0.2) is 0 Å². The lowest BCUT2D eigenvalue weighted by molar-refractivity contribution is 0.112. The summed E-state index contributed by atoms with van der Waals surface area (Å²) < 4.78 is 10.7. The van der Waals surface area contributed by atoms with Gasteiger partial charge in [-0.1, -0.05) is 28.9 Å². The second kappa shape index (κ2) is 8.73. The summed E-state index contributed by atoms with van der Waals surface area (Å²) in [6.45, 7) is 5.58. The molecule has 28 heavy (non-hydrogen) atoms. The zero-order chi connectivity index (χ0) is 19.3. The highest BCUT2D eigenvalue weighted by molar-refractivity contribution is 6.30. The van der Waals surface area contributed by atoms with Gasteiger partial charge in [0.05, 0.1) is 13.7 Å². The number of methoxy groups -OCH3 is 1. The Kier molecular flexibility index (Phi) is 5.90. The number of benzene rings is 2. The van der Waals surface area contributed by atoms with Crippen LogP contribution in [0, 0.1) is 0 Å². The molecule has 0 spiro atoms. The van der Waals surface area contributed by atoms with Crippen LogP contribution in [-0.2, 0) is 13.1 Å². The van der Waals surface area contributed by atoms with Gasteiger partial charge in [0.15, 0.2) is 0 Å².